The predicted octanol–water partition coefficient (Wildman–Crippen LogP) is 8.71. The summed E-state index contributed by atoms with van der Waals surface area (Å²) in [6.45, 7) is 13.5. The monoisotopic (exact) mass is 1100 g/mol. The van der Waals surface area contributed by atoms with E-state index in [-0.39, 0.29) is 46.9 Å². The number of aromatic nitrogens is 2. The van der Waals surface area contributed by atoms with Crippen molar-refractivity contribution in [3.05, 3.63) is 100 Å². The second-order valence-corrected chi connectivity index (χ2v) is 25.6. The number of pyridine rings is 1. The van der Waals surface area contributed by atoms with Crippen molar-refractivity contribution in [2.75, 3.05) is 80.8 Å². The number of hydrogen-bond donors (Lipinski definition) is 4. The molecule has 2 aliphatic carbocycles. The molecule has 1 spiro atoms. The van der Waals surface area contributed by atoms with Crippen LogP contribution in [-0.4, -0.2) is 146 Å². The number of hydrogen-bond acceptors (Lipinski definition) is 16. The lowest BCUT2D eigenvalue weighted by atomic mass is 9.59. The average Bonchev–Trinajstić information content (AvgIpc) is 3.91. The van der Waals surface area contributed by atoms with Crippen LogP contribution in [0.15, 0.2) is 83.9 Å². The summed E-state index contributed by atoms with van der Waals surface area (Å²) < 4.78 is 55.7. The molecule has 20 heteroatoms. The highest BCUT2D eigenvalue weighted by molar-refractivity contribution is 7.90. The Morgan fingerprint density at radius 3 is 2.46 bits per heavy atom. The normalized spacial score (nSPS) is 26.0. The molecule has 422 valence electrons. The van der Waals surface area contributed by atoms with Crippen LogP contribution in [0.3, 0.4) is 0 Å². The molecule has 19 nitrogen and oxygen atoms in total. The van der Waals surface area contributed by atoms with Crippen molar-refractivity contribution in [1.29, 1.82) is 0 Å². The van der Waals surface area contributed by atoms with Crippen LogP contribution in [0, 0.1) is 21.4 Å². The van der Waals surface area contributed by atoms with E-state index in [4.69, 9.17) is 23.9 Å². The van der Waals surface area contributed by atoms with Crippen molar-refractivity contribution >= 4 is 55.4 Å². The third-order valence-corrected chi connectivity index (χ3v) is 19.7. The fraction of sp³-hybridized carbons (Fsp3) is 0.559. The largest absolute Gasteiger partial charge is 0.491 e. The molecule has 7 heterocycles. The van der Waals surface area contributed by atoms with Crippen LogP contribution in [0.5, 0.6) is 11.6 Å². The lowest BCUT2D eigenvalue weighted by Gasteiger charge is -2.59. The molecule has 12 rings (SSSR count). The van der Waals surface area contributed by atoms with Crippen molar-refractivity contribution in [2.45, 2.75) is 138 Å². The molecule has 3 atom stereocenters. The quantitative estimate of drug-likeness (QED) is 0.0604. The van der Waals surface area contributed by atoms with Crippen LogP contribution < -0.4 is 29.3 Å². The van der Waals surface area contributed by atoms with E-state index < -0.39 is 37.0 Å². The molecule has 5 aromatic rings. The van der Waals surface area contributed by atoms with E-state index in [1.165, 1.54) is 17.7 Å². The van der Waals surface area contributed by atoms with Crippen LogP contribution in [0.4, 0.5) is 28.4 Å². The average molecular weight is 1100 g/mol. The summed E-state index contributed by atoms with van der Waals surface area (Å²) in [7, 11) is -4.64. The zero-order chi connectivity index (χ0) is 54.6. The molecule has 0 unspecified atom stereocenters. The number of nitrogens with zero attached hydrogens (tertiary/aromatic N) is 6. The van der Waals surface area contributed by atoms with Crippen LogP contribution in [-0.2, 0) is 19.5 Å². The van der Waals surface area contributed by atoms with Crippen molar-refractivity contribution < 1.29 is 42.2 Å². The first-order chi connectivity index (χ1) is 38.1. The highest BCUT2D eigenvalue weighted by Crippen LogP contribution is 2.54. The summed E-state index contributed by atoms with van der Waals surface area (Å²) in [6.07, 6.45) is 11.3. The number of H-pyrrole nitrogens is 1. The number of amides is 1. The van der Waals surface area contributed by atoms with Gasteiger partial charge in [-0.2, -0.15) is 4.98 Å². The minimum atomic E-state index is -4.64. The number of piperidine rings is 1. The number of benzene rings is 3. The van der Waals surface area contributed by atoms with E-state index >= 15 is 0 Å². The van der Waals surface area contributed by atoms with E-state index in [1.807, 2.05) is 42.3 Å². The van der Waals surface area contributed by atoms with Gasteiger partial charge in [-0.1, -0.05) is 18.2 Å². The number of piperazine rings is 1. The molecule has 6 fully saturated rings. The maximum absolute atomic E-state index is 14.8. The molecular weight excluding hydrogens is 1030 g/mol. The van der Waals surface area contributed by atoms with Crippen LogP contribution in [0.1, 0.15) is 113 Å². The van der Waals surface area contributed by atoms with Crippen molar-refractivity contribution in [2.24, 2.45) is 11.3 Å². The number of anilines is 4. The number of carbonyl (C=O) groups is 1. The van der Waals surface area contributed by atoms with E-state index in [1.54, 1.807) is 6.07 Å². The molecule has 4 N–H and O–H groups in total. The zero-order valence-electron chi connectivity index (χ0n) is 45.6. The molecule has 0 radical (unpaired) electrons. The number of fused-ring (bicyclic) bond motifs is 3. The van der Waals surface area contributed by atoms with Gasteiger partial charge < -0.3 is 44.2 Å². The third kappa shape index (κ3) is 11.0. The standard InChI is InChI=1S/C59H75N9O10S/c1-38(2)77-53-7-5-4-6-45(53)51-36-65(41-15-27-75-28-16-41)25-26-66(51)43-33-59(34-43)20-23-64(24-21-59)42-8-10-46(48(31-42)67-50-30-40-14-22-60-55(40)62-57(50)78-54-17-29-76-37-52(54)67)56(69)63-79(73,74)44-9-11-47(49(32-44)68(71)72)61-35-39-12-18-58(3,70)19-13-39/h4-11,14,22,30-32,38-39,41,43,51-52,54,61,70H,12-13,15-21,23-29,33-37H2,1-3H3,(H,60,62)(H,63,69)/t39?,51-,52-,54-,58?/m1/s1. The maximum atomic E-state index is 14.8. The Hall–Kier alpha value is -6.03. The number of nitro benzene ring substituents is 1. The summed E-state index contributed by atoms with van der Waals surface area (Å²) in [4.78, 5) is 44.2. The predicted molar refractivity (Wildman–Crippen MR) is 301 cm³/mol. The van der Waals surface area contributed by atoms with Crippen molar-refractivity contribution in [3.8, 4) is 11.6 Å². The van der Waals surface area contributed by atoms with Gasteiger partial charge in [-0.3, -0.25) is 24.7 Å². The summed E-state index contributed by atoms with van der Waals surface area (Å²) in [5, 5.41) is 26.8. The summed E-state index contributed by atoms with van der Waals surface area (Å²) in [6, 6.07) is 22.6. The molecule has 3 aromatic carbocycles. The van der Waals surface area contributed by atoms with E-state index in [2.05, 4.69) is 67.8 Å². The van der Waals surface area contributed by atoms with Crippen molar-refractivity contribution in [1.82, 2.24) is 24.5 Å². The van der Waals surface area contributed by atoms with Crippen LogP contribution >= 0.6 is 0 Å². The highest BCUT2D eigenvalue weighted by atomic mass is 32.2. The Morgan fingerprint density at radius 2 is 1.68 bits per heavy atom. The molecule has 7 aliphatic rings. The lowest BCUT2D eigenvalue weighted by molar-refractivity contribution is -0.384. The van der Waals surface area contributed by atoms with Gasteiger partial charge in [0.2, 0.25) is 5.88 Å². The SMILES string of the molecule is CC(C)Oc1ccccc1[C@H]1CN(C2CCOCC2)CCN1C1CC2(CCN(c3ccc(C(=O)NS(=O)(=O)c4ccc(NCC5CCC(C)(O)CC5)c([N+](=O)[O-])c4)c(N4c5cc6cc[nH]c6nc5O[C@@H]5CCOC[C@H]54)c3)CC2)C1. The Balaban J connectivity index is 0.804. The number of sulfonamides is 1. The molecule has 2 aromatic heterocycles. The molecule has 2 saturated carbocycles. The Morgan fingerprint density at radius 1 is 0.911 bits per heavy atom. The minimum absolute atomic E-state index is 0.0711. The Labute approximate surface area is 462 Å². The summed E-state index contributed by atoms with van der Waals surface area (Å²) in [5.41, 5.74) is 3.25. The Kier molecular flexibility index (Phi) is 14.8. The van der Waals surface area contributed by atoms with Crippen LogP contribution in [0.25, 0.3) is 11.0 Å². The molecule has 5 aliphatic heterocycles. The van der Waals surface area contributed by atoms with Gasteiger partial charge >= 0.3 is 0 Å². The zero-order valence-corrected chi connectivity index (χ0v) is 46.4. The number of carbonyl (C=O) groups excluding carboxylic acids is 1. The van der Waals surface area contributed by atoms with E-state index in [0.717, 1.165) is 120 Å². The van der Waals surface area contributed by atoms with Gasteiger partial charge in [0.1, 0.15) is 28.9 Å². The van der Waals surface area contributed by atoms with Crippen molar-refractivity contribution in [3.63, 3.8) is 0 Å². The third-order valence-electron chi connectivity index (χ3n) is 18.3. The first kappa shape index (κ1) is 53.6. The fourth-order valence-corrected chi connectivity index (χ4v) is 14.8. The van der Waals surface area contributed by atoms with Gasteiger partial charge in [0.05, 0.1) is 58.1 Å². The fourth-order valence-electron chi connectivity index (χ4n) is 13.9. The maximum Gasteiger partial charge on any atom is 0.293 e. The highest BCUT2D eigenvalue weighted by Gasteiger charge is 2.51. The number of nitro groups is 1. The van der Waals surface area contributed by atoms with E-state index in [0.29, 0.717) is 74.0 Å². The minimum Gasteiger partial charge on any atom is -0.491 e. The van der Waals surface area contributed by atoms with Gasteiger partial charge in [-0.05, 0) is 145 Å². The number of ether oxygens (including phenoxy) is 4. The van der Waals surface area contributed by atoms with Crippen LogP contribution in [0.2, 0.25) is 0 Å². The smallest absolute Gasteiger partial charge is 0.293 e. The Bertz CT molecular complexity index is 3160. The number of nitrogens with one attached hydrogen (secondary N) is 3. The van der Waals surface area contributed by atoms with Gasteiger partial charge in [0, 0.05) is 99.9 Å². The number of aromatic amines is 1. The number of rotatable bonds is 14. The van der Waals surface area contributed by atoms with Gasteiger partial charge in [-0.15, -0.1) is 0 Å². The first-order valence-corrected chi connectivity index (χ1v) is 30.1. The molecule has 0 bridgehead atoms. The van der Waals surface area contributed by atoms with Gasteiger partial charge in [0.25, 0.3) is 21.6 Å². The first-order valence-electron chi connectivity index (χ1n) is 28.6. The summed E-state index contributed by atoms with van der Waals surface area (Å²) in [5.74, 6) is 0.667. The van der Waals surface area contributed by atoms with Gasteiger partial charge in [-0.25, -0.2) is 13.1 Å². The lowest BCUT2D eigenvalue weighted by Crippen LogP contribution is -2.61. The molecule has 1 amide bonds. The number of para-hydroxylation sites is 1. The summed E-state index contributed by atoms with van der Waals surface area (Å²) >= 11 is 0. The number of aliphatic hydroxyl groups is 1. The molecular formula is C59H75N9O10S. The molecule has 79 heavy (non-hydrogen) atoms. The van der Waals surface area contributed by atoms with Gasteiger partial charge in [0.15, 0.2) is 0 Å². The molecule has 4 saturated heterocycles. The van der Waals surface area contributed by atoms with E-state index in [9.17, 15) is 28.4 Å². The topological polar surface area (TPSA) is 217 Å². The second-order valence-electron chi connectivity index (χ2n) is 23.9. The second kappa shape index (κ2) is 21.8.